The fourth-order valence-electron chi connectivity index (χ4n) is 6.12. The lowest BCUT2D eigenvalue weighted by atomic mass is 9.70. The Kier molecular flexibility index (Phi) is 7.45. The summed E-state index contributed by atoms with van der Waals surface area (Å²) in [6.07, 6.45) is 13.4. The number of aryl methyl sites for hydroxylation is 2. The van der Waals surface area contributed by atoms with Gasteiger partial charge in [0.05, 0.1) is 6.61 Å². The summed E-state index contributed by atoms with van der Waals surface area (Å²) >= 11 is 0. The molecular formula is C28H40N2O. The van der Waals surface area contributed by atoms with Crippen molar-refractivity contribution in [2.75, 3.05) is 26.3 Å². The van der Waals surface area contributed by atoms with Crippen molar-refractivity contribution < 1.29 is 4.74 Å². The minimum atomic E-state index is 0.188. The van der Waals surface area contributed by atoms with E-state index in [1.165, 1.54) is 81.3 Å². The van der Waals surface area contributed by atoms with Crippen molar-refractivity contribution in [1.82, 2.24) is 9.88 Å². The summed E-state index contributed by atoms with van der Waals surface area (Å²) in [5.74, 6) is 0. The number of likely N-dealkylation sites (tertiary alicyclic amines) is 1. The van der Waals surface area contributed by atoms with Crippen LogP contribution in [0.2, 0.25) is 0 Å². The molecule has 168 valence electrons. The van der Waals surface area contributed by atoms with Gasteiger partial charge in [0.25, 0.3) is 0 Å². The zero-order chi connectivity index (χ0) is 21.6. The molecule has 1 saturated carbocycles. The van der Waals surface area contributed by atoms with Crippen molar-refractivity contribution in [2.24, 2.45) is 5.41 Å². The van der Waals surface area contributed by atoms with Crippen LogP contribution in [0.5, 0.6) is 0 Å². The highest BCUT2D eigenvalue weighted by Gasteiger charge is 2.45. The molecule has 0 bridgehead atoms. The van der Waals surface area contributed by atoms with Crippen LogP contribution in [0.25, 0.3) is 0 Å². The van der Waals surface area contributed by atoms with Crippen molar-refractivity contribution in [2.45, 2.75) is 77.2 Å². The van der Waals surface area contributed by atoms with Crippen LogP contribution in [-0.2, 0) is 16.7 Å². The number of nitrogens with zero attached hydrogens (tertiary/aromatic N) is 2. The second-order valence-electron chi connectivity index (χ2n) is 9.84. The quantitative estimate of drug-likeness (QED) is 0.501. The predicted octanol–water partition coefficient (Wildman–Crippen LogP) is 6.30. The number of hydrogen-bond donors (Lipinski definition) is 0. The van der Waals surface area contributed by atoms with Crippen LogP contribution in [0, 0.1) is 12.3 Å². The van der Waals surface area contributed by atoms with Crippen LogP contribution in [0.1, 0.15) is 75.1 Å². The van der Waals surface area contributed by atoms with Crippen molar-refractivity contribution in [3.63, 3.8) is 0 Å². The summed E-state index contributed by atoms with van der Waals surface area (Å²) in [5, 5.41) is 0. The zero-order valence-corrected chi connectivity index (χ0v) is 19.6. The van der Waals surface area contributed by atoms with Gasteiger partial charge in [0.1, 0.15) is 0 Å². The molecule has 0 unspecified atom stereocenters. The van der Waals surface area contributed by atoms with E-state index in [0.717, 1.165) is 19.6 Å². The maximum Gasteiger partial charge on any atom is 0.0523 e. The molecule has 1 aromatic heterocycles. The lowest BCUT2D eigenvalue weighted by Crippen LogP contribution is -2.54. The van der Waals surface area contributed by atoms with Gasteiger partial charge in [-0.25, -0.2) is 0 Å². The molecule has 0 atom stereocenters. The highest BCUT2D eigenvalue weighted by atomic mass is 16.5. The van der Waals surface area contributed by atoms with E-state index in [0.29, 0.717) is 5.41 Å². The van der Waals surface area contributed by atoms with Crippen LogP contribution in [0.15, 0.2) is 48.7 Å². The van der Waals surface area contributed by atoms with Crippen molar-refractivity contribution in [3.8, 4) is 0 Å². The SMILES string of the molecule is CCOCC1(CCc2ccccc2)CCN(C2(c3cccnc3C)CCCCC2)CC1. The van der Waals surface area contributed by atoms with E-state index in [-0.39, 0.29) is 5.54 Å². The van der Waals surface area contributed by atoms with Gasteiger partial charge in [0.15, 0.2) is 0 Å². The summed E-state index contributed by atoms with van der Waals surface area (Å²) in [6, 6.07) is 15.5. The monoisotopic (exact) mass is 420 g/mol. The third-order valence-corrected chi connectivity index (χ3v) is 8.02. The number of hydrogen-bond acceptors (Lipinski definition) is 3. The van der Waals surface area contributed by atoms with Crippen LogP contribution >= 0.6 is 0 Å². The van der Waals surface area contributed by atoms with Gasteiger partial charge in [0, 0.05) is 24.0 Å². The summed E-state index contributed by atoms with van der Waals surface area (Å²) in [6.45, 7) is 8.40. The van der Waals surface area contributed by atoms with Gasteiger partial charge >= 0.3 is 0 Å². The van der Waals surface area contributed by atoms with Gasteiger partial charge in [-0.05, 0) is 88.1 Å². The first kappa shape index (κ1) is 22.5. The highest BCUT2D eigenvalue weighted by molar-refractivity contribution is 5.29. The standard InChI is InChI=1S/C28H40N2O/c1-3-31-23-27(17-14-25-11-6-4-7-12-25)18-21-30(22-19-27)28(15-8-5-9-16-28)26-13-10-20-29-24(26)2/h4,6-7,10-13,20H,3,5,8-9,14-19,21-23H2,1-2H3. The van der Waals surface area contributed by atoms with E-state index < -0.39 is 0 Å². The number of pyridine rings is 1. The second kappa shape index (κ2) is 10.3. The van der Waals surface area contributed by atoms with E-state index in [1.54, 1.807) is 0 Å². The molecule has 0 amide bonds. The van der Waals surface area contributed by atoms with Crippen LogP contribution < -0.4 is 0 Å². The van der Waals surface area contributed by atoms with Crippen LogP contribution in [0.3, 0.4) is 0 Å². The molecule has 2 aromatic rings. The molecule has 0 radical (unpaired) electrons. The van der Waals surface area contributed by atoms with E-state index >= 15 is 0 Å². The van der Waals surface area contributed by atoms with Gasteiger partial charge in [-0.1, -0.05) is 55.7 Å². The molecule has 0 N–H and O–H groups in total. The first-order valence-electron chi connectivity index (χ1n) is 12.5. The minimum Gasteiger partial charge on any atom is -0.381 e. The maximum atomic E-state index is 6.05. The van der Waals surface area contributed by atoms with Gasteiger partial charge in [0.2, 0.25) is 0 Å². The molecule has 3 heteroatoms. The molecule has 1 aromatic carbocycles. The average molecular weight is 421 g/mol. The molecule has 1 aliphatic carbocycles. The fourth-order valence-corrected chi connectivity index (χ4v) is 6.12. The molecule has 3 nitrogen and oxygen atoms in total. The maximum absolute atomic E-state index is 6.05. The normalized spacial score (nSPS) is 21.1. The third kappa shape index (κ3) is 5.04. The van der Waals surface area contributed by atoms with Gasteiger partial charge in [-0.15, -0.1) is 0 Å². The molecule has 31 heavy (non-hydrogen) atoms. The van der Waals surface area contributed by atoms with E-state index in [9.17, 15) is 0 Å². The number of piperidine rings is 1. The molecule has 1 saturated heterocycles. The highest BCUT2D eigenvalue weighted by Crippen LogP contribution is 2.47. The summed E-state index contributed by atoms with van der Waals surface area (Å²) in [5.41, 5.74) is 4.65. The molecule has 2 heterocycles. The summed E-state index contributed by atoms with van der Waals surface area (Å²) < 4.78 is 6.05. The van der Waals surface area contributed by atoms with Gasteiger partial charge in [-0.2, -0.15) is 0 Å². The Morgan fingerprint density at radius 3 is 2.35 bits per heavy atom. The molecular weight excluding hydrogens is 380 g/mol. The topological polar surface area (TPSA) is 25.4 Å². The lowest BCUT2D eigenvalue weighted by molar-refractivity contribution is -0.0452. The molecule has 4 rings (SSSR count). The molecule has 2 fully saturated rings. The number of ether oxygens (including phenoxy) is 1. The number of rotatable bonds is 8. The van der Waals surface area contributed by atoms with E-state index in [2.05, 4.69) is 66.2 Å². The summed E-state index contributed by atoms with van der Waals surface area (Å²) in [4.78, 5) is 7.52. The van der Waals surface area contributed by atoms with Crippen LogP contribution in [0.4, 0.5) is 0 Å². The first-order chi connectivity index (χ1) is 15.2. The van der Waals surface area contributed by atoms with Crippen molar-refractivity contribution >= 4 is 0 Å². The fraction of sp³-hybridized carbons (Fsp3) is 0.607. The Hall–Kier alpha value is -1.71. The van der Waals surface area contributed by atoms with Crippen molar-refractivity contribution in [3.05, 3.63) is 65.5 Å². The van der Waals surface area contributed by atoms with Gasteiger partial charge in [-0.3, -0.25) is 9.88 Å². The Bertz CT molecular complexity index is 805. The Labute approximate surface area is 189 Å². The predicted molar refractivity (Wildman–Crippen MR) is 128 cm³/mol. The van der Waals surface area contributed by atoms with E-state index in [1.807, 2.05) is 6.20 Å². The van der Waals surface area contributed by atoms with Crippen LogP contribution in [-0.4, -0.2) is 36.2 Å². The average Bonchev–Trinajstić information content (AvgIpc) is 2.83. The largest absolute Gasteiger partial charge is 0.381 e. The first-order valence-corrected chi connectivity index (χ1v) is 12.5. The number of aromatic nitrogens is 1. The van der Waals surface area contributed by atoms with E-state index in [4.69, 9.17) is 4.74 Å². The Morgan fingerprint density at radius 2 is 1.68 bits per heavy atom. The summed E-state index contributed by atoms with van der Waals surface area (Å²) in [7, 11) is 0. The number of benzene rings is 1. The second-order valence-corrected chi connectivity index (χ2v) is 9.84. The van der Waals surface area contributed by atoms with Gasteiger partial charge < -0.3 is 4.74 Å². The third-order valence-electron chi connectivity index (χ3n) is 8.02. The molecule has 0 spiro atoms. The Morgan fingerprint density at radius 1 is 0.935 bits per heavy atom. The molecule has 1 aliphatic heterocycles. The lowest BCUT2D eigenvalue weighted by Gasteiger charge is -2.52. The smallest absolute Gasteiger partial charge is 0.0523 e. The molecule has 2 aliphatic rings. The van der Waals surface area contributed by atoms with Crippen molar-refractivity contribution in [1.29, 1.82) is 0 Å². The Balaban J connectivity index is 1.51. The minimum absolute atomic E-state index is 0.188. The zero-order valence-electron chi connectivity index (χ0n) is 19.6.